The van der Waals surface area contributed by atoms with E-state index in [0.29, 0.717) is 11.9 Å². The second kappa shape index (κ2) is 4.57. The molecule has 1 spiro atoms. The van der Waals surface area contributed by atoms with Gasteiger partial charge in [-0.15, -0.1) is 0 Å². The highest BCUT2D eigenvalue weighted by atomic mass is 32.2. The van der Waals surface area contributed by atoms with Crippen molar-refractivity contribution in [2.45, 2.75) is 57.3 Å². The summed E-state index contributed by atoms with van der Waals surface area (Å²) in [6.45, 7) is 4.33. The summed E-state index contributed by atoms with van der Waals surface area (Å²) in [6, 6.07) is 0.373. The van der Waals surface area contributed by atoms with Crippen LogP contribution in [-0.2, 0) is 4.79 Å². The maximum absolute atomic E-state index is 12.3. The lowest BCUT2D eigenvalue weighted by Gasteiger charge is -2.29. The fraction of sp³-hybridized carbons (Fsp3) is 0.917. The maximum atomic E-state index is 12.3. The van der Waals surface area contributed by atoms with E-state index in [1.807, 2.05) is 11.8 Å². The molecule has 1 heterocycles. The summed E-state index contributed by atoms with van der Waals surface area (Å²) in [6.07, 6.45) is 6.57. The maximum Gasteiger partial charge on any atom is 0.244 e. The molecule has 1 aliphatic carbocycles. The minimum atomic E-state index is -0.145. The molecule has 2 rings (SSSR count). The number of nitrogens with one attached hydrogen (secondary N) is 1. The summed E-state index contributed by atoms with van der Waals surface area (Å²) >= 11 is 1.86. The number of hydrogen-bond donors (Lipinski definition) is 1. The largest absolute Gasteiger partial charge is 0.323 e. The summed E-state index contributed by atoms with van der Waals surface area (Å²) in [7, 11) is 0. The summed E-state index contributed by atoms with van der Waals surface area (Å²) in [5.74, 6) is 1.49. The van der Waals surface area contributed by atoms with Gasteiger partial charge in [-0.25, -0.2) is 0 Å². The van der Waals surface area contributed by atoms with Crippen LogP contribution in [0.25, 0.3) is 0 Å². The number of carbonyl (C=O) groups excluding carboxylic acids is 1. The van der Waals surface area contributed by atoms with Crippen LogP contribution in [0.1, 0.15) is 39.5 Å². The normalized spacial score (nSPS) is 28.8. The third-order valence-corrected chi connectivity index (χ3v) is 4.42. The Morgan fingerprint density at radius 2 is 2.31 bits per heavy atom. The average Bonchev–Trinajstić information content (AvgIpc) is 2.99. The Hall–Kier alpha value is -0.220. The Morgan fingerprint density at radius 3 is 2.81 bits per heavy atom. The zero-order valence-electron chi connectivity index (χ0n) is 10.5. The molecule has 1 aliphatic heterocycles. The van der Waals surface area contributed by atoms with Crippen molar-refractivity contribution < 1.29 is 4.79 Å². The van der Waals surface area contributed by atoms with Crippen molar-refractivity contribution >= 4 is 17.7 Å². The van der Waals surface area contributed by atoms with Crippen LogP contribution in [0.3, 0.4) is 0 Å². The number of thioether (sulfide) groups is 1. The third kappa shape index (κ3) is 1.97. The molecule has 2 atom stereocenters. The molecule has 2 unspecified atom stereocenters. The minimum Gasteiger partial charge on any atom is -0.323 e. The first-order valence-electron chi connectivity index (χ1n) is 6.24. The molecule has 0 aromatic heterocycles. The lowest BCUT2D eigenvalue weighted by atomic mass is 10.2. The van der Waals surface area contributed by atoms with E-state index in [4.69, 9.17) is 0 Å². The number of nitrogens with zero attached hydrogens (tertiary/aromatic N) is 1. The van der Waals surface area contributed by atoms with Crippen molar-refractivity contribution in [1.82, 2.24) is 10.2 Å². The second-order valence-electron chi connectivity index (χ2n) is 4.99. The molecule has 2 fully saturated rings. The van der Waals surface area contributed by atoms with Gasteiger partial charge in [-0.05, 0) is 44.6 Å². The molecule has 92 valence electrons. The molecule has 1 saturated heterocycles. The van der Waals surface area contributed by atoms with Gasteiger partial charge in [0.1, 0.15) is 0 Å². The van der Waals surface area contributed by atoms with Crippen LogP contribution in [0.2, 0.25) is 0 Å². The fourth-order valence-electron chi connectivity index (χ4n) is 2.56. The number of amides is 1. The summed E-state index contributed by atoms with van der Waals surface area (Å²) in [4.78, 5) is 14.4. The van der Waals surface area contributed by atoms with Gasteiger partial charge in [-0.2, -0.15) is 11.8 Å². The lowest BCUT2D eigenvalue weighted by molar-refractivity contribution is -0.132. The van der Waals surface area contributed by atoms with Crippen molar-refractivity contribution in [3.63, 3.8) is 0 Å². The number of rotatable bonds is 5. The van der Waals surface area contributed by atoms with Gasteiger partial charge in [0.15, 0.2) is 0 Å². The summed E-state index contributed by atoms with van der Waals surface area (Å²) in [5, 5.41) is 3.52. The van der Waals surface area contributed by atoms with Crippen LogP contribution in [0.15, 0.2) is 0 Å². The van der Waals surface area contributed by atoms with Crippen molar-refractivity contribution in [3.8, 4) is 0 Å². The van der Waals surface area contributed by atoms with Crippen LogP contribution >= 0.6 is 11.8 Å². The van der Waals surface area contributed by atoms with Gasteiger partial charge in [0.2, 0.25) is 5.91 Å². The smallest absolute Gasteiger partial charge is 0.244 e. The van der Waals surface area contributed by atoms with Crippen molar-refractivity contribution in [3.05, 3.63) is 0 Å². The fourth-order valence-corrected chi connectivity index (χ4v) is 3.13. The minimum absolute atomic E-state index is 0.145. The zero-order valence-corrected chi connectivity index (χ0v) is 11.3. The van der Waals surface area contributed by atoms with Crippen molar-refractivity contribution in [2.75, 3.05) is 12.0 Å². The number of hydrogen-bond acceptors (Lipinski definition) is 3. The second-order valence-corrected chi connectivity index (χ2v) is 5.98. The molecule has 0 bridgehead atoms. The first kappa shape index (κ1) is 12.2. The molecule has 0 radical (unpaired) electrons. The molecule has 16 heavy (non-hydrogen) atoms. The quantitative estimate of drug-likeness (QED) is 0.798. The van der Waals surface area contributed by atoms with Gasteiger partial charge in [0.05, 0.1) is 11.7 Å². The molecule has 0 aromatic rings. The summed E-state index contributed by atoms with van der Waals surface area (Å²) in [5.41, 5.74) is -0.145. The predicted molar refractivity (Wildman–Crippen MR) is 68.5 cm³/mol. The molecule has 1 amide bonds. The highest BCUT2D eigenvalue weighted by molar-refractivity contribution is 7.98. The van der Waals surface area contributed by atoms with Crippen LogP contribution in [0, 0.1) is 0 Å². The summed E-state index contributed by atoms with van der Waals surface area (Å²) < 4.78 is 0. The van der Waals surface area contributed by atoms with Gasteiger partial charge in [0, 0.05) is 6.04 Å². The van der Waals surface area contributed by atoms with Gasteiger partial charge in [0.25, 0.3) is 0 Å². The monoisotopic (exact) mass is 242 g/mol. The highest BCUT2D eigenvalue weighted by Crippen LogP contribution is 2.43. The zero-order chi connectivity index (χ0) is 11.8. The first-order chi connectivity index (χ1) is 7.64. The molecule has 1 N–H and O–H groups in total. The van der Waals surface area contributed by atoms with E-state index >= 15 is 0 Å². The van der Waals surface area contributed by atoms with E-state index in [-0.39, 0.29) is 11.7 Å². The molecule has 4 heteroatoms. The van der Waals surface area contributed by atoms with Crippen molar-refractivity contribution in [1.29, 1.82) is 0 Å². The van der Waals surface area contributed by atoms with Crippen LogP contribution in [0.4, 0.5) is 0 Å². The first-order valence-corrected chi connectivity index (χ1v) is 7.63. The SMILES string of the molecule is CCC1NC2(CC2)C(=O)N1C(C)CCSC. The van der Waals surface area contributed by atoms with Crippen LogP contribution in [-0.4, -0.2) is 40.6 Å². The Labute approximate surface area is 102 Å². The molecular weight excluding hydrogens is 220 g/mol. The molecular formula is C12H22N2OS. The van der Waals surface area contributed by atoms with E-state index in [9.17, 15) is 4.79 Å². The van der Waals surface area contributed by atoms with Gasteiger partial charge >= 0.3 is 0 Å². The Kier molecular flexibility index (Phi) is 3.50. The van der Waals surface area contributed by atoms with E-state index in [1.165, 1.54) is 0 Å². The van der Waals surface area contributed by atoms with E-state index in [0.717, 1.165) is 31.4 Å². The van der Waals surface area contributed by atoms with Gasteiger partial charge in [-0.1, -0.05) is 6.92 Å². The Balaban J connectivity index is 2.03. The standard InChI is InChI=1S/C12H22N2OS/c1-4-10-13-12(6-7-12)11(15)14(10)9(2)5-8-16-3/h9-10,13H,4-8H2,1-3H3. The molecule has 3 nitrogen and oxygen atoms in total. The van der Waals surface area contributed by atoms with Gasteiger partial charge in [-0.3, -0.25) is 10.1 Å². The Bertz CT molecular complexity index is 278. The van der Waals surface area contributed by atoms with Gasteiger partial charge < -0.3 is 4.90 Å². The van der Waals surface area contributed by atoms with E-state index < -0.39 is 0 Å². The van der Waals surface area contributed by atoms with Crippen molar-refractivity contribution in [2.24, 2.45) is 0 Å². The van der Waals surface area contributed by atoms with E-state index in [2.05, 4.69) is 30.3 Å². The predicted octanol–water partition coefficient (Wildman–Crippen LogP) is 1.83. The highest BCUT2D eigenvalue weighted by Gasteiger charge is 2.59. The lowest BCUT2D eigenvalue weighted by Crippen LogP contribution is -2.43. The number of carbonyl (C=O) groups is 1. The van der Waals surface area contributed by atoms with E-state index in [1.54, 1.807) is 0 Å². The molecule has 1 saturated carbocycles. The topological polar surface area (TPSA) is 32.3 Å². The molecule has 0 aromatic carbocycles. The Morgan fingerprint density at radius 1 is 1.62 bits per heavy atom. The average molecular weight is 242 g/mol. The van der Waals surface area contributed by atoms with Crippen LogP contribution in [0.5, 0.6) is 0 Å². The van der Waals surface area contributed by atoms with Crippen LogP contribution < -0.4 is 5.32 Å². The third-order valence-electron chi connectivity index (χ3n) is 3.77. The molecule has 2 aliphatic rings.